The average Bonchev–Trinajstić information content (AvgIpc) is 2.64. The van der Waals surface area contributed by atoms with E-state index in [-0.39, 0.29) is 17.9 Å². The summed E-state index contributed by atoms with van der Waals surface area (Å²) in [6, 6.07) is 14.8. The van der Waals surface area contributed by atoms with Crippen LogP contribution in [0.3, 0.4) is 0 Å². The molecule has 0 radical (unpaired) electrons. The van der Waals surface area contributed by atoms with Gasteiger partial charge in [-0.3, -0.25) is 4.79 Å². The molecule has 0 saturated heterocycles. The molecule has 2 unspecified atom stereocenters. The van der Waals surface area contributed by atoms with Crippen molar-refractivity contribution in [2.75, 3.05) is 14.2 Å². The Labute approximate surface area is 142 Å². The minimum Gasteiger partial charge on any atom is -0.493 e. The number of methoxy groups -OCH3 is 2. The summed E-state index contributed by atoms with van der Waals surface area (Å²) in [7, 11) is 3.16. The summed E-state index contributed by atoms with van der Waals surface area (Å²) in [5.74, 6) is 0.818. The van der Waals surface area contributed by atoms with Gasteiger partial charge in [-0.25, -0.2) is 0 Å². The molecule has 5 nitrogen and oxygen atoms in total. The predicted molar refractivity (Wildman–Crippen MR) is 93.9 cm³/mol. The smallest absolute Gasteiger partial charge is 0.225 e. The number of nitrogens with one attached hydrogen (secondary N) is 1. The van der Waals surface area contributed by atoms with Gasteiger partial charge in [0.05, 0.1) is 20.1 Å². The lowest BCUT2D eigenvalue weighted by Crippen LogP contribution is -2.35. The normalized spacial score (nSPS) is 13.0. The fraction of sp³-hybridized carbons (Fsp3) is 0.316. The maximum atomic E-state index is 12.4. The molecule has 0 fully saturated rings. The first-order chi connectivity index (χ1) is 11.6. The summed E-state index contributed by atoms with van der Waals surface area (Å²) in [4.78, 5) is 12.4. The van der Waals surface area contributed by atoms with Gasteiger partial charge in [-0.2, -0.15) is 0 Å². The molecule has 2 rings (SSSR count). The minimum atomic E-state index is -0.349. The summed E-state index contributed by atoms with van der Waals surface area (Å²) in [6.07, 6.45) is 0. The molecule has 0 saturated carbocycles. The van der Waals surface area contributed by atoms with Crippen molar-refractivity contribution in [3.05, 3.63) is 59.7 Å². The number of hydrogen-bond donors (Lipinski definition) is 2. The van der Waals surface area contributed by atoms with E-state index < -0.39 is 0 Å². The van der Waals surface area contributed by atoms with E-state index in [1.165, 1.54) is 0 Å². The number of carbonyl (C=O) groups is 1. The quantitative estimate of drug-likeness (QED) is 0.819. The fourth-order valence-electron chi connectivity index (χ4n) is 2.56. The molecule has 0 aliphatic heterocycles. The Morgan fingerprint density at radius 2 is 1.79 bits per heavy atom. The molecule has 0 heterocycles. The highest BCUT2D eigenvalue weighted by Gasteiger charge is 2.22. The largest absolute Gasteiger partial charge is 0.493 e. The van der Waals surface area contributed by atoms with E-state index in [1.54, 1.807) is 14.2 Å². The lowest BCUT2D eigenvalue weighted by molar-refractivity contribution is -0.125. The molecule has 2 aromatic rings. The Kier molecular flexibility index (Phi) is 6.21. The molecule has 0 aromatic heterocycles. The van der Waals surface area contributed by atoms with Crippen molar-refractivity contribution < 1.29 is 14.3 Å². The highest BCUT2D eigenvalue weighted by molar-refractivity contribution is 5.79. The standard InChI is InChI=1S/C19H24N2O3/c1-13(17(20)14-8-5-4-6-9-14)19(22)21-12-15-10-7-11-16(23-2)18(15)24-3/h4-11,13,17H,12,20H2,1-3H3,(H,21,22). The van der Waals surface area contributed by atoms with E-state index in [2.05, 4.69) is 5.32 Å². The second-order valence-corrected chi connectivity index (χ2v) is 5.60. The molecular weight excluding hydrogens is 304 g/mol. The Morgan fingerprint density at radius 1 is 1.08 bits per heavy atom. The van der Waals surface area contributed by atoms with Gasteiger partial charge < -0.3 is 20.5 Å². The lowest BCUT2D eigenvalue weighted by Gasteiger charge is -2.20. The van der Waals surface area contributed by atoms with E-state index in [0.717, 1.165) is 11.1 Å². The van der Waals surface area contributed by atoms with Crippen LogP contribution in [0.25, 0.3) is 0 Å². The van der Waals surface area contributed by atoms with E-state index >= 15 is 0 Å². The number of nitrogens with two attached hydrogens (primary N) is 1. The number of benzene rings is 2. The van der Waals surface area contributed by atoms with Gasteiger partial charge >= 0.3 is 0 Å². The first kappa shape index (κ1) is 17.8. The number of carbonyl (C=O) groups excluding carboxylic acids is 1. The molecule has 128 valence electrons. The zero-order valence-corrected chi connectivity index (χ0v) is 14.3. The number of rotatable bonds is 7. The van der Waals surface area contributed by atoms with Crippen LogP contribution in [-0.4, -0.2) is 20.1 Å². The van der Waals surface area contributed by atoms with Gasteiger partial charge in [-0.05, 0) is 11.6 Å². The van der Waals surface area contributed by atoms with Gasteiger partial charge in [0.1, 0.15) is 0 Å². The van der Waals surface area contributed by atoms with Crippen LogP contribution in [0.1, 0.15) is 24.1 Å². The van der Waals surface area contributed by atoms with Gasteiger partial charge in [0.25, 0.3) is 0 Å². The molecule has 0 bridgehead atoms. The van der Waals surface area contributed by atoms with Crippen molar-refractivity contribution in [2.24, 2.45) is 11.7 Å². The van der Waals surface area contributed by atoms with E-state index in [0.29, 0.717) is 18.0 Å². The van der Waals surface area contributed by atoms with E-state index in [9.17, 15) is 4.79 Å². The molecule has 1 amide bonds. The molecule has 0 aliphatic rings. The number of para-hydroxylation sites is 1. The maximum absolute atomic E-state index is 12.4. The summed E-state index contributed by atoms with van der Waals surface area (Å²) < 4.78 is 10.6. The summed E-state index contributed by atoms with van der Waals surface area (Å²) in [5.41, 5.74) is 8.00. The van der Waals surface area contributed by atoms with Crippen LogP contribution in [0.2, 0.25) is 0 Å². The van der Waals surface area contributed by atoms with Crippen LogP contribution in [-0.2, 0) is 11.3 Å². The van der Waals surface area contributed by atoms with E-state index in [1.807, 2.05) is 55.5 Å². The summed E-state index contributed by atoms with van der Waals surface area (Å²) in [5, 5.41) is 2.92. The first-order valence-corrected chi connectivity index (χ1v) is 7.86. The molecule has 3 N–H and O–H groups in total. The number of amides is 1. The third-order valence-electron chi connectivity index (χ3n) is 4.07. The number of ether oxygens (including phenoxy) is 2. The van der Waals surface area contributed by atoms with Crippen molar-refractivity contribution in [1.29, 1.82) is 0 Å². The molecule has 0 aliphatic carbocycles. The lowest BCUT2D eigenvalue weighted by atomic mass is 9.94. The third kappa shape index (κ3) is 4.06. The topological polar surface area (TPSA) is 73.6 Å². The zero-order valence-electron chi connectivity index (χ0n) is 14.3. The van der Waals surface area contributed by atoms with Crippen LogP contribution in [0.15, 0.2) is 48.5 Å². The second-order valence-electron chi connectivity index (χ2n) is 5.60. The third-order valence-corrected chi connectivity index (χ3v) is 4.07. The fourth-order valence-corrected chi connectivity index (χ4v) is 2.56. The van der Waals surface area contributed by atoms with Gasteiger partial charge in [0, 0.05) is 18.2 Å². The molecular formula is C19H24N2O3. The van der Waals surface area contributed by atoms with Crippen molar-refractivity contribution in [3.8, 4) is 11.5 Å². The van der Waals surface area contributed by atoms with Crippen molar-refractivity contribution in [3.63, 3.8) is 0 Å². The SMILES string of the molecule is COc1cccc(CNC(=O)C(C)C(N)c2ccccc2)c1OC. The summed E-state index contributed by atoms with van der Waals surface area (Å²) >= 11 is 0. The molecule has 24 heavy (non-hydrogen) atoms. The van der Waals surface area contributed by atoms with Crippen LogP contribution in [0, 0.1) is 5.92 Å². The highest BCUT2D eigenvalue weighted by Crippen LogP contribution is 2.30. The number of hydrogen-bond acceptors (Lipinski definition) is 4. The van der Waals surface area contributed by atoms with E-state index in [4.69, 9.17) is 15.2 Å². The van der Waals surface area contributed by atoms with Gasteiger partial charge in [-0.1, -0.05) is 49.4 Å². The van der Waals surface area contributed by atoms with Crippen molar-refractivity contribution >= 4 is 5.91 Å². The first-order valence-electron chi connectivity index (χ1n) is 7.86. The van der Waals surface area contributed by atoms with Crippen molar-refractivity contribution in [1.82, 2.24) is 5.32 Å². The van der Waals surface area contributed by atoms with Gasteiger partial charge in [0.2, 0.25) is 5.91 Å². The van der Waals surface area contributed by atoms with Crippen molar-refractivity contribution in [2.45, 2.75) is 19.5 Å². The van der Waals surface area contributed by atoms with Gasteiger partial charge in [0.15, 0.2) is 11.5 Å². The zero-order chi connectivity index (χ0) is 17.5. The molecule has 5 heteroatoms. The van der Waals surface area contributed by atoms with Crippen LogP contribution in [0.4, 0.5) is 0 Å². The van der Waals surface area contributed by atoms with Crippen LogP contribution in [0.5, 0.6) is 11.5 Å². The highest BCUT2D eigenvalue weighted by atomic mass is 16.5. The predicted octanol–water partition coefficient (Wildman–Crippen LogP) is 2.66. The molecule has 0 spiro atoms. The maximum Gasteiger partial charge on any atom is 0.225 e. The average molecular weight is 328 g/mol. The van der Waals surface area contributed by atoms with Gasteiger partial charge in [-0.15, -0.1) is 0 Å². The Bertz CT molecular complexity index is 674. The van der Waals surface area contributed by atoms with Crippen LogP contribution >= 0.6 is 0 Å². The molecule has 2 aromatic carbocycles. The second kappa shape index (κ2) is 8.36. The van der Waals surface area contributed by atoms with Crippen LogP contribution < -0.4 is 20.5 Å². The molecule has 2 atom stereocenters. The minimum absolute atomic E-state index is 0.101. The Hall–Kier alpha value is -2.53. The monoisotopic (exact) mass is 328 g/mol. The summed E-state index contributed by atoms with van der Waals surface area (Å²) in [6.45, 7) is 2.18. The Balaban J connectivity index is 2.03. The Morgan fingerprint density at radius 3 is 2.42 bits per heavy atom.